The minimum Gasteiger partial charge on any atom is -0.396 e. The summed E-state index contributed by atoms with van der Waals surface area (Å²) in [7, 11) is 0. The van der Waals surface area contributed by atoms with Crippen molar-refractivity contribution in [2.24, 2.45) is 11.8 Å². The number of thioether (sulfide) groups is 1. The number of likely N-dealkylation sites (tertiary alicyclic amines) is 1. The molecule has 0 saturated carbocycles. The standard InChI is InChI=1S/C34H43N3O4S/c1-5-18-35(19-6-2)30(39)27-28-31(40)37(21-10-11-22-38)29(34(28)17-16-33(27,4)42-34)32(41)36(20-7-3)26-15-14-24-12-8-9-13-25(24)23-26/h5,7-9,12-15,23,27-29,38H,1,3,6,10-11,16-22H2,2,4H3/t27-,28-,29?,33+,34?/m0/s1. The molecule has 42 heavy (non-hydrogen) atoms. The lowest BCUT2D eigenvalue weighted by Gasteiger charge is -2.38. The molecule has 1 spiro atoms. The molecule has 2 aromatic carbocycles. The smallest absolute Gasteiger partial charge is 0.251 e. The Labute approximate surface area is 253 Å². The van der Waals surface area contributed by atoms with E-state index in [0.29, 0.717) is 45.4 Å². The highest BCUT2D eigenvalue weighted by Gasteiger charge is 2.77. The van der Waals surface area contributed by atoms with Crippen LogP contribution in [-0.2, 0) is 14.4 Å². The van der Waals surface area contributed by atoms with Gasteiger partial charge in [-0.25, -0.2) is 0 Å². The number of nitrogens with zero attached hydrogens (tertiary/aromatic N) is 3. The molecular formula is C34H43N3O4S. The summed E-state index contributed by atoms with van der Waals surface area (Å²) in [5.74, 6) is -1.31. The molecule has 3 fully saturated rings. The number of benzene rings is 2. The van der Waals surface area contributed by atoms with Gasteiger partial charge in [-0.2, -0.15) is 0 Å². The second kappa shape index (κ2) is 12.3. The van der Waals surface area contributed by atoms with Crippen LogP contribution in [-0.4, -0.2) is 80.9 Å². The van der Waals surface area contributed by atoms with Crippen LogP contribution in [0.1, 0.15) is 46.0 Å². The van der Waals surface area contributed by atoms with E-state index >= 15 is 0 Å². The summed E-state index contributed by atoms with van der Waals surface area (Å²) >= 11 is 1.70. The molecule has 3 aliphatic heterocycles. The van der Waals surface area contributed by atoms with E-state index in [4.69, 9.17) is 0 Å². The fourth-order valence-electron chi connectivity index (χ4n) is 7.57. The summed E-state index contributed by atoms with van der Waals surface area (Å²) in [5.41, 5.74) is 0.762. The summed E-state index contributed by atoms with van der Waals surface area (Å²) < 4.78 is -1.11. The third kappa shape index (κ3) is 4.96. The summed E-state index contributed by atoms with van der Waals surface area (Å²) in [6.45, 7) is 13.7. The van der Waals surface area contributed by atoms with Crippen LogP contribution in [0.4, 0.5) is 5.69 Å². The van der Waals surface area contributed by atoms with Gasteiger partial charge in [0, 0.05) is 43.2 Å². The first-order valence-electron chi connectivity index (χ1n) is 15.2. The molecule has 224 valence electrons. The molecule has 3 heterocycles. The number of aliphatic hydroxyl groups is 1. The van der Waals surface area contributed by atoms with Gasteiger partial charge >= 0.3 is 0 Å². The molecule has 1 N–H and O–H groups in total. The van der Waals surface area contributed by atoms with E-state index in [-0.39, 0.29) is 24.3 Å². The van der Waals surface area contributed by atoms with Crippen molar-refractivity contribution >= 4 is 45.9 Å². The minimum atomic E-state index is -0.705. The number of aliphatic hydroxyl groups excluding tert-OH is 1. The number of amides is 3. The molecule has 8 heteroatoms. The first-order chi connectivity index (χ1) is 20.3. The number of anilines is 1. The van der Waals surface area contributed by atoms with E-state index in [1.807, 2.05) is 54.3 Å². The molecule has 0 radical (unpaired) electrons. The van der Waals surface area contributed by atoms with E-state index in [2.05, 4.69) is 20.1 Å². The Morgan fingerprint density at radius 2 is 1.81 bits per heavy atom. The zero-order valence-electron chi connectivity index (χ0n) is 24.8. The van der Waals surface area contributed by atoms with Gasteiger partial charge in [0.25, 0.3) is 5.91 Å². The maximum absolute atomic E-state index is 14.8. The molecule has 0 aromatic heterocycles. The first-order valence-corrected chi connectivity index (χ1v) is 16.0. The lowest BCUT2D eigenvalue weighted by atomic mass is 9.66. The van der Waals surface area contributed by atoms with Crippen LogP contribution < -0.4 is 4.90 Å². The van der Waals surface area contributed by atoms with Crippen molar-refractivity contribution in [3.05, 3.63) is 67.8 Å². The Bertz CT molecular complexity index is 1380. The predicted molar refractivity (Wildman–Crippen MR) is 170 cm³/mol. The van der Waals surface area contributed by atoms with Gasteiger partial charge < -0.3 is 19.8 Å². The van der Waals surface area contributed by atoms with Crippen molar-refractivity contribution in [1.29, 1.82) is 0 Å². The van der Waals surface area contributed by atoms with E-state index in [1.54, 1.807) is 33.7 Å². The van der Waals surface area contributed by atoms with E-state index in [9.17, 15) is 19.5 Å². The molecule has 3 amide bonds. The topological polar surface area (TPSA) is 81.2 Å². The maximum atomic E-state index is 14.8. The Morgan fingerprint density at radius 3 is 2.50 bits per heavy atom. The van der Waals surface area contributed by atoms with Crippen molar-refractivity contribution in [3.63, 3.8) is 0 Å². The molecular weight excluding hydrogens is 546 g/mol. The number of carbonyl (C=O) groups is 3. The van der Waals surface area contributed by atoms with Crippen LogP contribution in [0.25, 0.3) is 10.8 Å². The molecule has 0 aliphatic carbocycles. The summed E-state index contributed by atoms with van der Waals surface area (Å²) in [6.07, 6.45) is 6.89. The predicted octanol–water partition coefficient (Wildman–Crippen LogP) is 5.04. The minimum absolute atomic E-state index is 0.00689. The number of unbranched alkanes of at least 4 members (excludes halogenated alkanes) is 1. The molecule has 3 aliphatic rings. The van der Waals surface area contributed by atoms with Gasteiger partial charge in [-0.15, -0.1) is 24.9 Å². The molecule has 2 bridgehead atoms. The highest BCUT2D eigenvalue weighted by atomic mass is 32.2. The van der Waals surface area contributed by atoms with Gasteiger partial charge in [0.1, 0.15) is 6.04 Å². The second-order valence-corrected chi connectivity index (χ2v) is 13.9. The third-order valence-electron chi connectivity index (χ3n) is 9.36. The monoisotopic (exact) mass is 589 g/mol. The van der Waals surface area contributed by atoms with Gasteiger partial charge in [0.2, 0.25) is 11.8 Å². The van der Waals surface area contributed by atoms with Gasteiger partial charge in [0.15, 0.2) is 0 Å². The van der Waals surface area contributed by atoms with Crippen molar-refractivity contribution in [2.45, 2.75) is 61.5 Å². The average molecular weight is 590 g/mol. The molecule has 2 unspecified atom stereocenters. The van der Waals surface area contributed by atoms with Crippen molar-refractivity contribution in [1.82, 2.24) is 9.80 Å². The third-order valence-corrected chi connectivity index (χ3v) is 11.3. The number of carbonyl (C=O) groups excluding carboxylic acids is 3. The van der Waals surface area contributed by atoms with Crippen LogP contribution in [0.15, 0.2) is 67.8 Å². The molecule has 7 nitrogen and oxygen atoms in total. The first kappa shape index (κ1) is 30.4. The molecule has 2 aromatic rings. The number of hydrogen-bond acceptors (Lipinski definition) is 5. The van der Waals surface area contributed by atoms with Crippen LogP contribution in [0, 0.1) is 11.8 Å². The number of hydrogen-bond donors (Lipinski definition) is 1. The van der Waals surface area contributed by atoms with Crippen LogP contribution in [0.2, 0.25) is 0 Å². The number of fused-ring (bicyclic) bond motifs is 2. The van der Waals surface area contributed by atoms with Gasteiger partial charge in [-0.1, -0.05) is 49.4 Å². The van der Waals surface area contributed by atoms with Gasteiger partial charge in [-0.3, -0.25) is 14.4 Å². The van der Waals surface area contributed by atoms with E-state index in [0.717, 1.165) is 29.3 Å². The average Bonchev–Trinajstić information content (AvgIpc) is 3.55. The lowest BCUT2D eigenvalue weighted by molar-refractivity contribution is -0.145. The van der Waals surface area contributed by atoms with Crippen LogP contribution >= 0.6 is 11.8 Å². The van der Waals surface area contributed by atoms with Crippen LogP contribution in [0.5, 0.6) is 0 Å². The van der Waals surface area contributed by atoms with E-state index < -0.39 is 27.4 Å². The maximum Gasteiger partial charge on any atom is 0.251 e. The number of rotatable bonds is 13. The lowest BCUT2D eigenvalue weighted by Crippen LogP contribution is -2.55. The normalized spacial score (nSPS) is 27.7. The quantitative estimate of drug-likeness (QED) is 0.262. The summed E-state index contributed by atoms with van der Waals surface area (Å²) in [6, 6.07) is 13.3. The Hall–Kier alpha value is -3.10. The largest absolute Gasteiger partial charge is 0.396 e. The second-order valence-electron chi connectivity index (χ2n) is 12.0. The highest BCUT2D eigenvalue weighted by Crippen LogP contribution is 2.71. The van der Waals surface area contributed by atoms with Gasteiger partial charge in [-0.05, 0) is 61.9 Å². The fourth-order valence-corrected chi connectivity index (χ4v) is 9.92. The van der Waals surface area contributed by atoms with Crippen molar-refractivity contribution < 1.29 is 19.5 Å². The SMILES string of the molecule is C=CCN(CCC)C(=O)[C@@H]1[C@H]2C(=O)N(CCCCO)C(C(=O)N(CC=C)c3ccc4ccccc4c3)C23CC[C@@]1(C)S3. The highest BCUT2D eigenvalue weighted by molar-refractivity contribution is 8.02. The fraction of sp³-hybridized carbons (Fsp3) is 0.500. The Morgan fingerprint density at radius 1 is 1.07 bits per heavy atom. The Kier molecular flexibility index (Phi) is 8.86. The summed E-state index contributed by atoms with van der Waals surface area (Å²) in [5, 5.41) is 11.6. The van der Waals surface area contributed by atoms with Crippen molar-refractivity contribution in [3.8, 4) is 0 Å². The zero-order valence-corrected chi connectivity index (χ0v) is 25.7. The molecule has 5 atom stereocenters. The molecule has 3 saturated heterocycles. The summed E-state index contributed by atoms with van der Waals surface area (Å²) in [4.78, 5) is 48.8. The zero-order chi connectivity index (χ0) is 30.1. The molecule has 5 rings (SSSR count). The van der Waals surface area contributed by atoms with Crippen LogP contribution in [0.3, 0.4) is 0 Å². The van der Waals surface area contributed by atoms with Gasteiger partial charge in [0.05, 0.1) is 16.6 Å². The Balaban J connectivity index is 1.57. The van der Waals surface area contributed by atoms with E-state index in [1.165, 1.54) is 0 Å². The van der Waals surface area contributed by atoms with Crippen molar-refractivity contribution in [2.75, 3.05) is 37.7 Å².